The average molecular weight is 362 g/mol. The Morgan fingerprint density at radius 1 is 1.08 bits per heavy atom. The van der Waals surface area contributed by atoms with Crippen molar-refractivity contribution in [1.29, 1.82) is 0 Å². The summed E-state index contributed by atoms with van der Waals surface area (Å²) in [4.78, 5) is 23.5. The van der Waals surface area contributed by atoms with E-state index in [4.69, 9.17) is 9.84 Å². The number of alkyl halides is 3. The second kappa shape index (κ2) is 6.67. The van der Waals surface area contributed by atoms with Gasteiger partial charge in [0, 0.05) is 17.5 Å². The predicted molar refractivity (Wildman–Crippen MR) is 87.0 cm³/mol. The minimum absolute atomic E-state index is 0.117. The first-order chi connectivity index (χ1) is 12.3. The molecule has 0 unspecified atom stereocenters. The summed E-state index contributed by atoms with van der Waals surface area (Å²) in [7, 11) is 0. The summed E-state index contributed by atoms with van der Waals surface area (Å²) in [5.74, 6) is -2.07. The second-order valence-corrected chi connectivity index (χ2v) is 5.78. The summed E-state index contributed by atoms with van der Waals surface area (Å²) < 4.78 is 43.9. The molecule has 0 bridgehead atoms. The molecule has 4 nitrogen and oxygen atoms in total. The average Bonchev–Trinajstić information content (AvgIpc) is 2.60. The first-order valence-electron chi connectivity index (χ1n) is 7.65. The molecule has 1 aliphatic rings. The van der Waals surface area contributed by atoms with Crippen molar-refractivity contribution >= 4 is 17.8 Å². The van der Waals surface area contributed by atoms with Gasteiger partial charge in [-0.1, -0.05) is 30.3 Å². The number of carboxylic acids is 1. The third-order valence-corrected chi connectivity index (χ3v) is 3.92. The number of hydrogen-bond donors (Lipinski definition) is 1. The Labute approximate surface area is 146 Å². The Kier molecular flexibility index (Phi) is 4.54. The number of halogens is 3. The standard InChI is InChI=1S/C19H13F3O4/c20-19(21,22)17-14(18(24)25)10-13-9-12(6-7-16(13)26-17)15(23)8-11-4-2-1-3-5-11/h1-7,9-10,17H,8H2,(H,24,25)/t17-/m0/s1. The molecule has 0 saturated heterocycles. The van der Waals surface area contributed by atoms with Crippen LogP contribution in [0.25, 0.3) is 6.08 Å². The van der Waals surface area contributed by atoms with Crippen LogP contribution in [-0.4, -0.2) is 29.1 Å². The van der Waals surface area contributed by atoms with Crippen LogP contribution in [-0.2, 0) is 11.2 Å². The summed E-state index contributed by atoms with van der Waals surface area (Å²) in [6.07, 6.45) is -6.37. The molecule has 2 aromatic carbocycles. The Morgan fingerprint density at radius 2 is 1.77 bits per heavy atom. The van der Waals surface area contributed by atoms with Crippen LogP contribution in [0.2, 0.25) is 0 Å². The molecule has 0 radical (unpaired) electrons. The normalized spacial score (nSPS) is 16.3. The van der Waals surface area contributed by atoms with Gasteiger partial charge in [-0.25, -0.2) is 4.79 Å². The molecule has 1 aliphatic heterocycles. The highest BCUT2D eigenvalue weighted by Crippen LogP contribution is 2.37. The summed E-state index contributed by atoms with van der Waals surface area (Å²) in [5.41, 5.74) is 0.271. The molecule has 26 heavy (non-hydrogen) atoms. The molecule has 0 aromatic heterocycles. The van der Waals surface area contributed by atoms with E-state index in [1.54, 1.807) is 24.3 Å². The molecule has 3 rings (SSSR count). The molecule has 7 heteroatoms. The fourth-order valence-corrected chi connectivity index (χ4v) is 2.68. The molecule has 1 atom stereocenters. The summed E-state index contributed by atoms with van der Waals surface area (Å²) >= 11 is 0. The molecule has 0 amide bonds. The lowest BCUT2D eigenvalue weighted by molar-refractivity contribution is -0.187. The fraction of sp³-hybridized carbons (Fsp3) is 0.158. The second-order valence-electron chi connectivity index (χ2n) is 5.78. The van der Waals surface area contributed by atoms with Crippen molar-refractivity contribution in [3.05, 3.63) is 70.8 Å². The summed E-state index contributed by atoms with van der Waals surface area (Å²) in [6, 6.07) is 12.9. The van der Waals surface area contributed by atoms with Crippen molar-refractivity contribution in [3.8, 4) is 5.75 Å². The van der Waals surface area contributed by atoms with Gasteiger partial charge < -0.3 is 9.84 Å². The van der Waals surface area contributed by atoms with Crippen molar-refractivity contribution in [1.82, 2.24) is 0 Å². The number of benzene rings is 2. The zero-order chi connectivity index (χ0) is 18.9. The first kappa shape index (κ1) is 17.7. The first-order valence-corrected chi connectivity index (χ1v) is 7.65. The number of ether oxygens (including phenoxy) is 1. The van der Waals surface area contributed by atoms with E-state index in [0.717, 1.165) is 11.6 Å². The van der Waals surface area contributed by atoms with E-state index in [1.165, 1.54) is 18.2 Å². The van der Waals surface area contributed by atoms with Gasteiger partial charge in [-0.05, 0) is 29.8 Å². The monoisotopic (exact) mass is 362 g/mol. The number of carbonyl (C=O) groups excluding carboxylic acids is 1. The van der Waals surface area contributed by atoms with Gasteiger partial charge in [0.2, 0.25) is 6.10 Å². The minimum Gasteiger partial charge on any atom is -0.478 e. The van der Waals surface area contributed by atoms with Crippen LogP contribution < -0.4 is 4.74 Å². The van der Waals surface area contributed by atoms with Crippen LogP contribution in [0.4, 0.5) is 13.2 Å². The lowest BCUT2D eigenvalue weighted by Gasteiger charge is -2.27. The van der Waals surface area contributed by atoms with Crippen molar-refractivity contribution < 1.29 is 32.6 Å². The van der Waals surface area contributed by atoms with E-state index in [2.05, 4.69) is 0 Å². The molecule has 0 aliphatic carbocycles. The van der Waals surface area contributed by atoms with Crippen LogP contribution >= 0.6 is 0 Å². The van der Waals surface area contributed by atoms with Gasteiger partial charge in [0.1, 0.15) is 5.75 Å². The predicted octanol–water partition coefficient (Wildman–Crippen LogP) is 3.90. The number of rotatable bonds is 4. The number of Topliss-reactive ketones (excluding diaryl/α,β-unsaturated/α-hetero) is 1. The van der Waals surface area contributed by atoms with Crippen LogP contribution in [0.3, 0.4) is 0 Å². The quantitative estimate of drug-likeness (QED) is 0.838. The number of fused-ring (bicyclic) bond motifs is 1. The molecule has 0 fully saturated rings. The molecule has 134 valence electrons. The van der Waals surface area contributed by atoms with Gasteiger partial charge in [0.25, 0.3) is 0 Å². The van der Waals surface area contributed by atoms with E-state index in [-0.39, 0.29) is 29.1 Å². The molecule has 1 N–H and O–H groups in total. The number of hydrogen-bond acceptors (Lipinski definition) is 3. The zero-order valence-electron chi connectivity index (χ0n) is 13.3. The van der Waals surface area contributed by atoms with Gasteiger partial charge in [-0.3, -0.25) is 4.79 Å². The van der Waals surface area contributed by atoms with Gasteiger partial charge in [0.05, 0.1) is 5.57 Å². The molecule has 0 spiro atoms. The topological polar surface area (TPSA) is 63.6 Å². The summed E-state index contributed by atoms with van der Waals surface area (Å²) in [6.45, 7) is 0. The molecular weight excluding hydrogens is 349 g/mol. The zero-order valence-corrected chi connectivity index (χ0v) is 13.3. The smallest absolute Gasteiger partial charge is 0.430 e. The maximum atomic E-state index is 13.0. The van der Waals surface area contributed by atoms with Crippen molar-refractivity contribution in [3.63, 3.8) is 0 Å². The third-order valence-electron chi connectivity index (χ3n) is 3.92. The van der Waals surface area contributed by atoms with E-state index >= 15 is 0 Å². The molecule has 0 saturated carbocycles. The van der Waals surface area contributed by atoms with E-state index < -0.39 is 23.8 Å². The molecule has 1 heterocycles. The van der Waals surface area contributed by atoms with Crippen LogP contribution in [0.1, 0.15) is 21.5 Å². The van der Waals surface area contributed by atoms with Gasteiger partial charge in [0.15, 0.2) is 5.78 Å². The van der Waals surface area contributed by atoms with Crippen LogP contribution in [0, 0.1) is 0 Å². The Morgan fingerprint density at radius 3 is 2.38 bits per heavy atom. The van der Waals surface area contributed by atoms with Gasteiger partial charge in [-0.15, -0.1) is 0 Å². The van der Waals surface area contributed by atoms with Gasteiger partial charge in [-0.2, -0.15) is 13.2 Å². The maximum Gasteiger partial charge on any atom is 0.430 e. The number of carboxylic acid groups (broad SMARTS) is 1. The third kappa shape index (κ3) is 3.61. The highest BCUT2D eigenvalue weighted by atomic mass is 19.4. The SMILES string of the molecule is O=C(O)C1=Cc2cc(C(=O)Cc3ccccc3)ccc2O[C@@H]1C(F)(F)F. The summed E-state index contributed by atoms with van der Waals surface area (Å²) in [5, 5.41) is 9.06. The van der Waals surface area contributed by atoms with E-state index in [0.29, 0.717) is 0 Å². The Bertz CT molecular complexity index is 885. The Hall–Kier alpha value is -3.09. The van der Waals surface area contributed by atoms with Crippen molar-refractivity contribution in [2.45, 2.75) is 18.7 Å². The fourth-order valence-electron chi connectivity index (χ4n) is 2.68. The largest absolute Gasteiger partial charge is 0.478 e. The molecule has 2 aromatic rings. The lowest BCUT2D eigenvalue weighted by Crippen LogP contribution is -2.40. The Balaban J connectivity index is 1.92. The highest BCUT2D eigenvalue weighted by Gasteiger charge is 2.48. The lowest BCUT2D eigenvalue weighted by atomic mass is 9.97. The minimum atomic E-state index is -4.86. The molecular formula is C19H13F3O4. The highest BCUT2D eigenvalue weighted by molar-refractivity contribution is 5.99. The number of ketones is 1. The number of aliphatic carboxylic acids is 1. The van der Waals surface area contributed by atoms with Crippen molar-refractivity contribution in [2.24, 2.45) is 0 Å². The maximum absolute atomic E-state index is 13.0. The van der Waals surface area contributed by atoms with E-state index in [9.17, 15) is 22.8 Å². The van der Waals surface area contributed by atoms with Crippen LogP contribution in [0.5, 0.6) is 5.75 Å². The number of carbonyl (C=O) groups is 2. The van der Waals surface area contributed by atoms with Crippen molar-refractivity contribution in [2.75, 3.05) is 0 Å². The van der Waals surface area contributed by atoms with E-state index in [1.807, 2.05) is 6.07 Å². The van der Waals surface area contributed by atoms with Crippen LogP contribution in [0.15, 0.2) is 54.1 Å². The van der Waals surface area contributed by atoms with Gasteiger partial charge >= 0.3 is 12.1 Å².